The second-order valence-electron chi connectivity index (χ2n) is 7.23. The van der Waals surface area contributed by atoms with E-state index >= 15 is 0 Å². The van der Waals surface area contributed by atoms with E-state index in [9.17, 15) is 4.79 Å². The van der Waals surface area contributed by atoms with Crippen LogP contribution in [0.1, 0.15) is 5.56 Å². The molecule has 0 bridgehead atoms. The summed E-state index contributed by atoms with van der Waals surface area (Å²) in [5, 5.41) is 13.4. The Morgan fingerprint density at radius 1 is 1.03 bits per heavy atom. The molecule has 1 aromatic heterocycles. The van der Waals surface area contributed by atoms with Crippen molar-refractivity contribution in [2.24, 2.45) is 5.10 Å². The molecule has 0 aliphatic carbocycles. The average Bonchev–Trinajstić information content (AvgIpc) is 3.32. The van der Waals surface area contributed by atoms with Gasteiger partial charge in [-0.15, -0.1) is 10.2 Å². The minimum absolute atomic E-state index is 0.130. The number of halogens is 1. The van der Waals surface area contributed by atoms with Crippen molar-refractivity contribution in [3.63, 3.8) is 0 Å². The normalized spacial score (nSPS) is 11.5. The Balaban J connectivity index is 1.45. The highest BCUT2D eigenvalue weighted by atomic mass is 79.9. The Morgan fingerprint density at radius 3 is 2.40 bits per heavy atom. The number of hydrazone groups is 1. The molecule has 35 heavy (non-hydrogen) atoms. The van der Waals surface area contributed by atoms with Crippen LogP contribution < -0.4 is 10.2 Å². The summed E-state index contributed by atoms with van der Waals surface area (Å²) in [4.78, 5) is 12.4. The van der Waals surface area contributed by atoms with Crippen LogP contribution >= 0.6 is 27.7 Å². The number of thioether (sulfide) groups is 1. The molecule has 0 saturated heterocycles. The number of hydrogen-bond donors (Lipinski definition) is 1. The van der Waals surface area contributed by atoms with Gasteiger partial charge in [0, 0.05) is 15.7 Å². The van der Waals surface area contributed by atoms with Crippen LogP contribution in [0.2, 0.25) is 0 Å². The van der Waals surface area contributed by atoms with Crippen molar-refractivity contribution in [2.45, 2.75) is 5.16 Å². The summed E-state index contributed by atoms with van der Waals surface area (Å²) >= 11 is 4.72. The first-order chi connectivity index (χ1) is 17.1. The lowest BCUT2D eigenvalue weighted by molar-refractivity contribution is -0.118. The molecule has 176 valence electrons. The maximum atomic E-state index is 12.4. The Bertz CT molecular complexity index is 1320. The van der Waals surface area contributed by atoms with E-state index in [0.29, 0.717) is 11.0 Å². The van der Waals surface area contributed by atoms with Gasteiger partial charge < -0.3 is 4.74 Å². The molecule has 0 radical (unpaired) electrons. The molecule has 1 heterocycles. The highest BCUT2D eigenvalue weighted by Gasteiger charge is 2.17. The lowest BCUT2D eigenvalue weighted by Crippen LogP contribution is -2.19. The van der Waals surface area contributed by atoms with Crippen molar-refractivity contribution in [3.05, 3.63) is 95.0 Å². The third kappa shape index (κ3) is 6.68. The molecule has 4 aromatic rings. The van der Waals surface area contributed by atoms with E-state index in [1.165, 1.54) is 11.8 Å². The predicted octanol–water partition coefficient (Wildman–Crippen LogP) is 5.57. The predicted molar refractivity (Wildman–Crippen MR) is 144 cm³/mol. The number of carbonyl (C=O) groups is 1. The monoisotopic (exact) mass is 547 g/mol. The summed E-state index contributed by atoms with van der Waals surface area (Å²) < 4.78 is 7.93. The SMILES string of the molecule is COc1ccc(-c2nnc(SCC(=O)N/N=C\C(Br)=C\c3ccccc3)n2-c2ccccc2)cc1. The van der Waals surface area contributed by atoms with E-state index in [1.807, 2.05) is 95.6 Å². The highest BCUT2D eigenvalue weighted by molar-refractivity contribution is 9.12. The molecule has 0 unspecified atom stereocenters. The Labute approximate surface area is 216 Å². The quantitative estimate of drug-likeness (QED) is 0.168. The molecule has 3 aromatic carbocycles. The standard InChI is InChI=1S/C26H22BrN5O2S/c1-34-23-14-12-20(13-15-23)25-30-31-26(32(25)22-10-6-3-7-11-22)35-18-24(33)29-28-17-21(27)16-19-8-4-2-5-9-19/h2-17H,18H2,1H3,(H,29,33)/b21-16-,28-17-. The van der Waals surface area contributed by atoms with Gasteiger partial charge in [-0.05, 0) is 64.0 Å². The summed E-state index contributed by atoms with van der Waals surface area (Å²) in [6.45, 7) is 0. The fraction of sp³-hybridized carbons (Fsp3) is 0.0769. The van der Waals surface area contributed by atoms with Gasteiger partial charge in [0.25, 0.3) is 5.91 Å². The second-order valence-corrected chi connectivity index (χ2v) is 9.09. The van der Waals surface area contributed by atoms with Crippen molar-refractivity contribution in [2.75, 3.05) is 12.9 Å². The number of hydrogen-bond acceptors (Lipinski definition) is 6. The van der Waals surface area contributed by atoms with E-state index in [1.54, 1.807) is 13.3 Å². The van der Waals surface area contributed by atoms with Gasteiger partial charge in [-0.25, -0.2) is 5.43 Å². The van der Waals surface area contributed by atoms with Crippen LogP contribution in [0.3, 0.4) is 0 Å². The van der Waals surface area contributed by atoms with Gasteiger partial charge in [0.1, 0.15) is 5.75 Å². The number of para-hydroxylation sites is 1. The number of amides is 1. The number of allylic oxidation sites excluding steroid dienone is 1. The maximum absolute atomic E-state index is 12.4. The minimum Gasteiger partial charge on any atom is -0.497 e. The zero-order valence-corrected chi connectivity index (χ0v) is 21.2. The van der Waals surface area contributed by atoms with Crippen LogP contribution in [-0.4, -0.2) is 39.7 Å². The van der Waals surface area contributed by atoms with Crippen LogP contribution in [0.4, 0.5) is 0 Å². The fourth-order valence-corrected chi connectivity index (χ4v) is 4.29. The second kappa shape index (κ2) is 12.1. The summed E-state index contributed by atoms with van der Waals surface area (Å²) in [7, 11) is 1.63. The Morgan fingerprint density at radius 2 is 1.71 bits per heavy atom. The minimum atomic E-state index is -0.250. The van der Waals surface area contributed by atoms with E-state index < -0.39 is 0 Å². The molecule has 0 aliphatic rings. The van der Waals surface area contributed by atoms with Crippen LogP contribution in [0.15, 0.2) is 99.7 Å². The lowest BCUT2D eigenvalue weighted by Gasteiger charge is -2.10. The van der Waals surface area contributed by atoms with E-state index in [-0.39, 0.29) is 11.7 Å². The molecule has 0 saturated carbocycles. The first kappa shape index (κ1) is 24.4. The van der Waals surface area contributed by atoms with Crippen LogP contribution in [-0.2, 0) is 4.79 Å². The number of aromatic nitrogens is 3. The van der Waals surface area contributed by atoms with Crippen molar-refractivity contribution in [1.82, 2.24) is 20.2 Å². The lowest BCUT2D eigenvalue weighted by atomic mass is 10.2. The number of benzene rings is 3. The van der Waals surface area contributed by atoms with Gasteiger partial charge in [0.05, 0.1) is 19.1 Å². The molecule has 4 rings (SSSR count). The number of ether oxygens (including phenoxy) is 1. The average molecular weight is 548 g/mol. The van der Waals surface area contributed by atoms with Gasteiger partial charge in [-0.3, -0.25) is 9.36 Å². The van der Waals surface area contributed by atoms with E-state index in [4.69, 9.17) is 4.74 Å². The smallest absolute Gasteiger partial charge is 0.250 e. The zero-order valence-electron chi connectivity index (χ0n) is 18.8. The van der Waals surface area contributed by atoms with Gasteiger partial charge >= 0.3 is 0 Å². The largest absolute Gasteiger partial charge is 0.497 e. The summed E-state index contributed by atoms with van der Waals surface area (Å²) in [5.74, 6) is 1.32. The topological polar surface area (TPSA) is 81.4 Å². The number of carbonyl (C=O) groups excluding carboxylic acids is 1. The van der Waals surface area contributed by atoms with Gasteiger partial charge in [0.15, 0.2) is 11.0 Å². The van der Waals surface area contributed by atoms with Crippen molar-refractivity contribution in [3.8, 4) is 22.8 Å². The first-order valence-corrected chi connectivity index (χ1v) is 12.4. The fourth-order valence-electron chi connectivity index (χ4n) is 3.17. The zero-order chi connectivity index (χ0) is 24.5. The van der Waals surface area contributed by atoms with Crippen LogP contribution in [0.5, 0.6) is 5.75 Å². The number of methoxy groups -OCH3 is 1. The third-order valence-electron chi connectivity index (χ3n) is 4.81. The van der Waals surface area contributed by atoms with Crippen LogP contribution in [0.25, 0.3) is 23.2 Å². The van der Waals surface area contributed by atoms with Gasteiger partial charge in [0.2, 0.25) is 0 Å². The van der Waals surface area contributed by atoms with Crippen molar-refractivity contribution < 1.29 is 9.53 Å². The molecule has 0 aliphatic heterocycles. The Hall–Kier alpha value is -3.69. The molecule has 1 amide bonds. The summed E-state index contributed by atoms with van der Waals surface area (Å²) in [5.41, 5.74) is 5.37. The van der Waals surface area contributed by atoms with Crippen molar-refractivity contribution in [1.29, 1.82) is 0 Å². The molecule has 0 spiro atoms. The molecular weight excluding hydrogens is 526 g/mol. The molecule has 1 N–H and O–H groups in total. The van der Waals surface area contributed by atoms with Crippen LogP contribution in [0, 0.1) is 0 Å². The summed E-state index contributed by atoms with van der Waals surface area (Å²) in [6, 6.07) is 27.2. The maximum Gasteiger partial charge on any atom is 0.250 e. The Kier molecular flexibility index (Phi) is 8.48. The number of nitrogens with one attached hydrogen (secondary N) is 1. The highest BCUT2D eigenvalue weighted by Crippen LogP contribution is 2.28. The molecule has 7 nitrogen and oxygen atoms in total. The van der Waals surface area contributed by atoms with Gasteiger partial charge in [-0.2, -0.15) is 5.10 Å². The molecular formula is C26H22BrN5O2S. The molecule has 9 heteroatoms. The number of rotatable bonds is 9. The number of nitrogens with zero attached hydrogens (tertiary/aromatic N) is 4. The van der Waals surface area contributed by atoms with E-state index in [0.717, 1.165) is 27.0 Å². The van der Waals surface area contributed by atoms with Crippen molar-refractivity contribution >= 4 is 45.9 Å². The van der Waals surface area contributed by atoms with Gasteiger partial charge in [-0.1, -0.05) is 60.3 Å². The molecule has 0 fully saturated rings. The van der Waals surface area contributed by atoms with E-state index in [2.05, 4.69) is 36.7 Å². The third-order valence-corrected chi connectivity index (χ3v) is 6.17. The molecule has 0 atom stereocenters. The summed E-state index contributed by atoms with van der Waals surface area (Å²) in [6.07, 6.45) is 3.46. The first-order valence-electron chi connectivity index (χ1n) is 10.7.